The number of rotatable bonds is 1. The van der Waals surface area contributed by atoms with E-state index in [-0.39, 0.29) is 17.9 Å². The summed E-state index contributed by atoms with van der Waals surface area (Å²) in [6, 6.07) is 0. The highest BCUT2D eigenvalue weighted by Crippen LogP contribution is 2.46. The summed E-state index contributed by atoms with van der Waals surface area (Å²) in [6.07, 6.45) is -9.72. The molecule has 1 fully saturated rings. The van der Waals surface area contributed by atoms with E-state index in [9.17, 15) is 26.3 Å². The number of fused-ring (bicyclic) bond motifs is 1. The highest BCUT2D eigenvalue weighted by molar-refractivity contribution is 7.16. The SMILES string of the molecule is FC(F)(F)c1nnc2sc(C3(C(F)(F)F)CCNC3)nn12. The number of aromatic nitrogens is 4. The topological polar surface area (TPSA) is 55.1 Å². The number of hydrogen-bond donors (Lipinski definition) is 1. The lowest BCUT2D eigenvalue weighted by molar-refractivity contribution is -0.185. The Labute approximate surface area is 117 Å². The molecule has 1 unspecified atom stereocenters. The maximum atomic E-state index is 13.3. The van der Waals surface area contributed by atoms with Gasteiger partial charge in [-0.25, -0.2) is 0 Å². The standard InChI is InChI=1S/C9H7F6N5S/c10-8(11,12)4-17-18-6-20(4)19-5(21-6)7(9(13,14)15)1-2-16-3-7/h16H,1-3H2. The normalized spacial score (nSPS) is 24.1. The van der Waals surface area contributed by atoms with E-state index in [1.807, 2.05) is 0 Å². The first-order chi connectivity index (χ1) is 9.65. The van der Waals surface area contributed by atoms with Gasteiger partial charge in [-0.2, -0.15) is 36.0 Å². The van der Waals surface area contributed by atoms with E-state index in [2.05, 4.69) is 20.6 Å². The number of nitrogens with one attached hydrogen (secondary N) is 1. The molecule has 5 nitrogen and oxygen atoms in total. The van der Waals surface area contributed by atoms with Crippen molar-refractivity contribution < 1.29 is 26.3 Å². The van der Waals surface area contributed by atoms with E-state index in [1.165, 1.54) is 0 Å². The number of halogens is 6. The van der Waals surface area contributed by atoms with Gasteiger partial charge in [-0.15, -0.1) is 10.2 Å². The summed E-state index contributed by atoms with van der Waals surface area (Å²) in [5, 5.41) is 11.8. The van der Waals surface area contributed by atoms with Gasteiger partial charge in [0.05, 0.1) is 0 Å². The van der Waals surface area contributed by atoms with Gasteiger partial charge in [0.2, 0.25) is 4.96 Å². The van der Waals surface area contributed by atoms with Crippen molar-refractivity contribution in [3.8, 4) is 0 Å². The molecule has 2 aromatic heterocycles. The molecular weight excluding hydrogens is 324 g/mol. The summed E-state index contributed by atoms with van der Waals surface area (Å²) in [7, 11) is 0. The summed E-state index contributed by atoms with van der Waals surface area (Å²) in [5.74, 6) is -1.43. The molecule has 0 radical (unpaired) electrons. The lowest BCUT2D eigenvalue weighted by Crippen LogP contribution is -2.44. The van der Waals surface area contributed by atoms with Crippen molar-refractivity contribution in [1.82, 2.24) is 25.1 Å². The zero-order chi connectivity index (χ0) is 15.5. The number of nitrogens with zero attached hydrogens (tertiary/aromatic N) is 4. The highest BCUT2D eigenvalue weighted by atomic mass is 32.1. The average molecular weight is 331 g/mol. The third-order valence-electron chi connectivity index (χ3n) is 3.35. The summed E-state index contributed by atoms with van der Waals surface area (Å²) in [5.41, 5.74) is -2.28. The Morgan fingerprint density at radius 1 is 1.14 bits per heavy atom. The Hall–Kier alpha value is -1.43. The van der Waals surface area contributed by atoms with Crippen molar-refractivity contribution in [2.24, 2.45) is 0 Å². The molecule has 3 heterocycles. The van der Waals surface area contributed by atoms with Gasteiger partial charge in [0, 0.05) is 6.54 Å². The first kappa shape index (κ1) is 14.5. The number of alkyl halides is 6. The summed E-state index contributed by atoms with van der Waals surface area (Å²) in [4.78, 5) is -0.312. The third-order valence-corrected chi connectivity index (χ3v) is 4.45. The van der Waals surface area contributed by atoms with Crippen LogP contribution in [-0.2, 0) is 11.6 Å². The molecule has 0 saturated carbocycles. The third kappa shape index (κ3) is 2.08. The summed E-state index contributed by atoms with van der Waals surface area (Å²) < 4.78 is 78.3. The maximum Gasteiger partial charge on any atom is 0.453 e. The number of hydrogen-bond acceptors (Lipinski definition) is 5. The monoisotopic (exact) mass is 331 g/mol. The Kier molecular flexibility index (Phi) is 2.96. The fourth-order valence-corrected chi connectivity index (χ4v) is 3.30. The van der Waals surface area contributed by atoms with Crippen LogP contribution in [0.1, 0.15) is 17.3 Å². The minimum absolute atomic E-state index is 0.117. The molecule has 3 rings (SSSR count). The molecule has 1 aliphatic heterocycles. The molecular formula is C9H7F6N5S. The Morgan fingerprint density at radius 2 is 1.86 bits per heavy atom. The largest absolute Gasteiger partial charge is 0.453 e. The highest BCUT2D eigenvalue weighted by Gasteiger charge is 2.59. The van der Waals surface area contributed by atoms with E-state index >= 15 is 0 Å². The quantitative estimate of drug-likeness (QED) is 0.812. The Morgan fingerprint density at radius 3 is 2.38 bits per heavy atom. The van der Waals surface area contributed by atoms with E-state index in [1.54, 1.807) is 0 Å². The van der Waals surface area contributed by atoms with Crippen molar-refractivity contribution in [3.05, 3.63) is 10.8 Å². The molecule has 21 heavy (non-hydrogen) atoms. The molecule has 2 aromatic rings. The van der Waals surface area contributed by atoms with Crippen molar-refractivity contribution in [2.75, 3.05) is 13.1 Å². The van der Waals surface area contributed by atoms with Gasteiger partial charge in [0.25, 0.3) is 5.82 Å². The maximum absolute atomic E-state index is 13.3. The summed E-state index contributed by atoms with van der Waals surface area (Å²) >= 11 is 0.475. The second-order valence-electron chi connectivity index (χ2n) is 4.63. The van der Waals surface area contributed by atoms with Crippen LogP contribution in [0, 0.1) is 0 Å². The van der Waals surface area contributed by atoms with Crippen LogP contribution in [-0.4, -0.2) is 39.1 Å². The van der Waals surface area contributed by atoms with Gasteiger partial charge in [-0.05, 0) is 13.0 Å². The van der Waals surface area contributed by atoms with Crippen LogP contribution in [0.5, 0.6) is 0 Å². The van der Waals surface area contributed by atoms with Crippen molar-refractivity contribution in [3.63, 3.8) is 0 Å². The van der Waals surface area contributed by atoms with E-state index in [4.69, 9.17) is 0 Å². The van der Waals surface area contributed by atoms with Crippen LogP contribution < -0.4 is 5.32 Å². The lowest BCUT2D eigenvalue weighted by atomic mass is 9.87. The molecule has 0 aromatic carbocycles. The van der Waals surface area contributed by atoms with Crippen LogP contribution >= 0.6 is 11.3 Å². The van der Waals surface area contributed by atoms with Crippen molar-refractivity contribution in [2.45, 2.75) is 24.2 Å². The molecule has 0 bridgehead atoms. The smallest absolute Gasteiger partial charge is 0.315 e. The van der Waals surface area contributed by atoms with Gasteiger partial charge >= 0.3 is 12.4 Å². The van der Waals surface area contributed by atoms with Crippen molar-refractivity contribution >= 4 is 16.3 Å². The fourth-order valence-electron chi connectivity index (χ4n) is 2.22. The first-order valence-corrected chi connectivity index (χ1v) is 6.54. The molecule has 1 aliphatic rings. The Balaban J connectivity index is 2.15. The molecule has 0 aliphatic carbocycles. The molecule has 116 valence electrons. The Bertz CT molecular complexity index is 664. The lowest BCUT2D eigenvalue weighted by Gasteiger charge is -2.27. The summed E-state index contributed by atoms with van der Waals surface area (Å²) in [6.45, 7) is -0.298. The predicted molar refractivity (Wildman–Crippen MR) is 58.9 cm³/mol. The van der Waals surface area contributed by atoms with Gasteiger partial charge in [0.15, 0.2) is 0 Å². The molecule has 0 spiro atoms. The van der Waals surface area contributed by atoms with Crippen LogP contribution in [0.15, 0.2) is 0 Å². The second kappa shape index (κ2) is 4.29. The van der Waals surface area contributed by atoms with E-state index in [0.29, 0.717) is 15.9 Å². The fraction of sp³-hybridized carbons (Fsp3) is 0.667. The minimum Gasteiger partial charge on any atom is -0.315 e. The van der Waals surface area contributed by atoms with Crippen LogP contribution in [0.2, 0.25) is 0 Å². The molecule has 1 atom stereocenters. The zero-order valence-electron chi connectivity index (χ0n) is 10.1. The molecule has 1 N–H and O–H groups in total. The van der Waals surface area contributed by atoms with E-state index in [0.717, 1.165) is 0 Å². The zero-order valence-corrected chi connectivity index (χ0v) is 10.9. The van der Waals surface area contributed by atoms with Gasteiger partial charge < -0.3 is 5.32 Å². The van der Waals surface area contributed by atoms with Gasteiger partial charge in [0.1, 0.15) is 10.4 Å². The predicted octanol–water partition coefficient (Wildman–Crippen LogP) is 2.00. The second-order valence-corrected chi connectivity index (χ2v) is 5.59. The molecule has 1 saturated heterocycles. The minimum atomic E-state index is -4.83. The van der Waals surface area contributed by atoms with Crippen LogP contribution in [0.4, 0.5) is 26.3 Å². The molecule has 0 amide bonds. The molecule has 12 heteroatoms. The van der Waals surface area contributed by atoms with Gasteiger partial charge in [-0.3, -0.25) is 0 Å². The van der Waals surface area contributed by atoms with E-state index < -0.39 is 35.1 Å². The first-order valence-electron chi connectivity index (χ1n) is 5.72. The van der Waals surface area contributed by atoms with Crippen LogP contribution in [0.3, 0.4) is 0 Å². The van der Waals surface area contributed by atoms with Crippen LogP contribution in [0.25, 0.3) is 4.96 Å². The van der Waals surface area contributed by atoms with Crippen molar-refractivity contribution in [1.29, 1.82) is 0 Å². The average Bonchev–Trinajstić information content (AvgIpc) is 3.00. The van der Waals surface area contributed by atoms with Gasteiger partial charge in [-0.1, -0.05) is 11.3 Å².